The van der Waals surface area contributed by atoms with Gasteiger partial charge in [-0.05, 0) is 94.0 Å². The third-order valence-electron chi connectivity index (χ3n) is 9.28. The molecule has 0 bridgehead atoms. The van der Waals surface area contributed by atoms with Gasteiger partial charge in [0.15, 0.2) is 0 Å². The number of nitrogens with zero attached hydrogens (tertiary/aromatic N) is 3. The summed E-state index contributed by atoms with van der Waals surface area (Å²) in [6, 6.07) is 4.08. The number of rotatable bonds is 3. The Morgan fingerprint density at radius 1 is 1.16 bits per heavy atom. The molecule has 2 heterocycles. The third-order valence-corrected chi connectivity index (χ3v) is 9.57. The maximum Gasteiger partial charge on any atom is 0.274 e. The van der Waals surface area contributed by atoms with Crippen LogP contribution in [-0.4, -0.2) is 61.9 Å². The Bertz CT molecular complexity index is 1330. The minimum absolute atomic E-state index is 0.0534. The summed E-state index contributed by atoms with van der Waals surface area (Å²) in [6.45, 7) is 2.08. The predicted molar refractivity (Wildman–Crippen MR) is 142 cm³/mol. The Balaban J connectivity index is 1.10. The molecule has 2 unspecified atom stereocenters. The topological polar surface area (TPSA) is 90.6 Å². The number of hydrogen-bond acceptors (Lipinski definition) is 5. The van der Waals surface area contributed by atoms with Crippen molar-refractivity contribution in [3.05, 3.63) is 46.8 Å². The molecule has 1 amide bonds. The maximum atomic E-state index is 13.5. The zero-order valence-corrected chi connectivity index (χ0v) is 22.6. The summed E-state index contributed by atoms with van der Waals surface area (Å²) in [4.78, 5) is 20.0. The van der Waals surface area contributed by atoms with E-state index in [4.69, 9.17) is 11.6 Å². The number of carbonyl (C=O) groups excluding carboxylic acids is 1. The number of hydrogen-bond donors (Lipinski definition) is 3. The van der Waals surface area contributed by atoms with Gasteiger partial charge in [0.1, 0.15) is 22.7 Å². The number of nitrogens with one attached hydrogen (secondary N) is 1. The van der Waals surface area contributed by atoms with Gasteiger partial charge in [0.05, 0.1) is 17.0 Å². The number of likely N-dealkylation sites (tertiary alicyclic amines) is 1. The molecule has 1 saturated heterocycles. The summed E-state index contributed by atoms with van der Waals surface area (Å²) in [6.07, 6.45) is 6.94. The fourth-order valence-electron chi connectivity index (χ4n) is 7.73. The fraction of sp³-hybridized carbons (Fsp3) is 0.586. The van der Waals surface area contributed by atoms with Crippen LogP contribution in [0.3, 0.4) is 0 Å². The lowest BCUT2D eigenvalue weighted by Crippen LogP contribution is -2.52. The standard InChI is InChI=1S/C29H34ClFN4O3/c1-34-8-7-27(16-34)14-29(38,15-27)6-5-28(37)12-19-9-18(10-20(19)13-28)24-25(35(2)17-32-24)26(36)33-21-3-4-23(31)22(30)11-21/h3-4,11,17-20,37-38H,7-10,12-16H2,1-2H3,(H,33,36). The number of aromatic nitrogens is 2. The molecule has 2 atom stereocenters. The van der Waals surface area contributed by atoms with Crippen LogP contribution in [0.25, 0.3) is 0 Å². The lowest BCUT2D eigenvalue weighted by atomic mass is 9.59. The number of aliphatic hydroxyl groups is 2. The number of imidazole rings is 1. The molecule has 4 aliphatic rings. The van der Waals surface area contributed by atoms with Gasteiger partial charge in [-0.15, -0.1) is 0 Å². The summed E-state index contributed by atoms with van der Waals surface area (Å²) in [7, 11) is 3.90. The van der Waals surface area contributed by atoms with Gasteiger partial charge in [0.25, 0.3) is 5.91 Å². The van der Waals surface area contributed by atoms with E-state index in [2.05, 4.69) is 34.1 Å². The van der Waals surface area contributed by atoms with Crippen molar-refractivity contribution in [2.24, 2.45) is 24.3 Å². The molecule has 38 heavy (non-hydrogen) atoms. The number of carbonyl (C=O) groups is 1. The first-order chi connectivity index (χ1) is 18.0. The van der Waals surface area contributed by atoms with Crippen LogP contribution in [0.15, 0.2) is 24.5 Å². The minimum Gasteiger partial charge on any atom is -0.378 e. The Morgan fingerprint density at radius 3 is 2.47 bits per heavy atom. The fourth-order valence-corrected chi connectivity index (χ4v) is 7.91. The average Bonchev–Trinajstić information content (AvgIpc) is 3.57. The van der Waals surface area contributed by atoms with Crippen LogP contribution in [0.5, 0.6) is 0 Å². The van der Waals surface area contributed by atoms with E-state index in [0.29, 0.717) is 48.9 Å². The highest BCUT2D eigenvalue weighted by molar-refractivity contribution is 6.31. The Morgan fingerprint density at radius 2 is 1.84 bits per heavy atom. The van der Waals surface area contributed by atoms with E-state index in [9.17, 15) is 19.4 Å². The van der Waals surface area contributed by atoms with Gasteiger partial charge in [-0.2, -0.15) is 0 Å². The van der Waals surface area contributed by atoms with Gasteiger partial charge in [0, 0.05) is 25.2 Å². The van der Waals surface area contributed by atoms with E-state index in [1.807, 2.05) is 0 Å². The van der Waals surface area contributed by atoms with Crippen molar-refractivity contribution in [2.45, 2.75) is 62.1 Å². The number of fused-ring (bicyclic) bond motifs is 1. The minimum atomic E-state index is -1.07. The molecule has 0 radical (unpaired) electrons. The molecule has 3 N–H and O–H groups in total. The lowest BCUT2D eigenvalue weighted by Gasteiger charge is -2.49. The summed E-state index contributed by atoms with van der Waals surface area (Å²) >= 11 is 5.87. The molecular weight excluding hydrogens is 507 g/mol. The Labute approximate surface area is 227 Å². The molecule has 9 heteroatoms. The van der Waals surface area contributed by atoms with Crippen molar-refractivity contribution in [3.63, 3.8) is 0 Å². The second-order valence-electron chi connectivity index (χ2n) is 12.4. The average molecular weight is 541 g/mol. The van der Waals surface area contributed by atoms with Crippen LogP contribution in [0.1, 0.15) is 67.0 Å². The number of amides is 1. The smallest absolute Gasteiger partial charge is 0.274 e. The van der Waals surface area contributed by atoms with Crippen molar-refractivity contribution in [1.29, 1.82) is 0 Å². The van der Waals surface area contributed by atoms with Crippen LogP contribution in [0, 0.1) is 34.9 Å². The number of benzene rings is 1. The molecule has 6 rings (SSSR count). The summed E-state index contributed by atoms with van der Waals surface area (Å²) in [5, 5.41) is 25.0. The van der Waals surface area contributed by atoms with Gasteiger partial charge in [0.2, 0.25) is 0 Å². The summed E-state index contributed by atoms with van der Waals surface area (Å²) < 4.78 is 15.2. The van der Waals surface area contributed by atoms with Crippen molar-refractivity contribution in [3.8, 4) is 11.8 Å². The van der Waals surface area contributed by atoms with Gasteiger partial charge >= 0.3 is 0 Å². The van der Waals surface area contributed by atoms with Crippen LogP contribution >= 0.6 is 11.6 Å². The quantitative estimate of drug-likeness (QED) is 0.513. The molecule has 4 fully saturated rings. The zero-order valence-electron chi connectivity index (χ0n) is 21.8. The van der Waals surface area contributed by atoms with Crippen LogP contribution < -0.4 is 5.32 Å². The molecule has 1 aromatic carbocycles. The van der Waals surface area contributed by atoms with Gasteiger partial charge in [-0.25, -0.2) is 9.37 Å². The Hall–Kier alpha value is -2.44. The first kappa shape index (κ1) is 25.8. The normalized spacial score (nSPS) is 36.1. The van der Waals surface area contributed by atoms with Crippen LogP contribution in [0.4, 0.5) is 10.1 Å². The van der Waals surface area contributed by atoms with E-state index in [1.54, 1.807) is 17.9 Å². The summed E-state index contributed by atoms with van der Waals surface area (Å²) in [5.74, 6) is 5.99. The SMILES string of the molecule is CN1CCC2(C1)CC(O)(C#CC1(O)CC3CC(c4ncn(C)c4C(=O)Nc4ccc(F)c(Cl)c4)CC3C1)C2. The first-order valence-electron chi connectivity index (χ1n) is 13.4. The molecule has 2 aromatic rings. The third kappa shape index (κ3) is 4.64. The molecule has 1 aromatic heterocycles. The molecule has 3 saturated carbocycles. The molecular formula is C29H34ClFN4O3. The first-order valence-corrected chi connectivity index (χ1v) is 13.8. The predicted octanol–water partition coefficient (Wildman–Crippen LogP) is 3.95. The monoisotopic (exact) mass is 540 g/mol. The van der Waals surface area contributed by atoms with E-state index >= 15 is 0 Å². The van der Waals surface area contributed by atoms with Gasteiger partial charge < -0.3 is 25.0 Å². The largest absolute Gasteiger partial charge is 0.378 e. The van der Waals surface area contributed by atoms with E-state index in [0.717, 1.165) is 38.0 Å². The van der Waals surface area contributed by atoms with Crippen LogP contribution in [-0.2, 0) is 7.05 Å². The van der Waals surface area contributed by atoms with E-state index < -0.39 is 17.0 Å². The second kappa shape index (κ2) is 9.06. The van der Waals surface area contributed by atoms with E-state index in [-0.39, 0.29) is 22.3 Å². The van der Waals surface area contributed by atoms with Crippen molar-refractivity contribution < 1.29 is 19.4 Å². The number of aryl methyl sites for hydroxylation is 1. The van der Waals surface area contributed by atoms with Crippen molar-refractivity contribution >= 4 is 23.2 Å². The van der Waals surface area contributed by atoms with Crippen molar-refractivity contribution in [1.82, 2.24) is 14.5 Å². The molecule has 7 nitrogen and oxygen atoms in total. The lowest BCUT2D eigenvalue weighted by molar-refractivity contribution is -0.0791. The van der Waals surface area contributed by atoms with Crippen molar-refractivity contribution in [2.75, 3.05) is 25.5 Å². The molecule has 3 aliphatic carbocycles. The maximum absolute atomic E-state index is 13.5. The highest BCUT2D eigenvalue weighted by atomic mass is 35.5. The summed E-state index contributed by atoms with van der Waals surface area (Å²) in [5.41, 5.74) is -0.221. The van der Waals surface area contributed by atoms with Gasteiger partial charge in [-0.1, -0.05) is 23.4 Å². The van der Waals surface area contributed by atoms with E-state index in [1.165, 1.54) is 18.2 Å². The highest BCUT2D eigenvalue weighted by Gasteiger charge is 2.56. The molecule has 202 valence electrons. The van der Waals surface area contributed by atoms with Gasteiger partial charge in [-0.3, -0.25) is 4.79 Å². The number of halogens is 2. The zero-order chi connectivity index (χ0) is 26.9. The Kier molecular flexibility index (Phi) is 6.15. The number of anilines is 1. The second-order valence-corrected chi connectivity index (χ2v) is 12.8. The molecule has 1 aliphatic heterocycles. The highest BCUT2D eigenvalue weighted by Crippen LogP contribution is 2.55. The van der Waals surface area contributed by atoms with Crippen LogP contribution in [0.2, 0.25) is 5.02 Å². The molecule has 1 spiro atoms.